The van der Waals surface area contributed by atoms with Gasteiger partial charge in [-0.25, -0.2) is 0 Å². The first kappa shape index (κ1) is 19.8. The van der Waals surface area contributed by atoms with Crippen molar-refractivity contribution in [1.82, 2.24) is 14.8 Å². The van der Waals surface area contributed by atoms with Gasteiger partial charge in [0, 0.05) is 18.7 Å². The first-order valence-corrected chi connectivity index (χ1v) is 9.70. The quantitative estimate of drug-likeness (QED) is 0.484. The molecule has 2 aromatic rings. The molecule has 0 radical (unpaired) electrons. The highest BCUT2D eigenvalue weighted by atomic mass is 35.5. The van der Waals surface area contributed by atoms with Gasteiger partial charge in [-0.05, 0) is 24.6 Å². The van der Waals surface area contributed by atoms with E-state index < -0.39 is 0 Å². The van der Waals surface area contributed by atoms with Crippen molar-refractivity contribution in [2.75, 3.05) is 11.1 Å². The summed E-state index contributed by atoms with van der Waals surface area (Å²) >= 11 is 13.2. The maximum atomic E-state index is 12.1. The number of rotatable bonds is 9. The molecule has 1 aromatic heterocycles. The molecule has 25 heavy (non-hydrogen) atoms. The second-order valence-electron chi connectivity index (χ2n) is 5.37. The number of nitrogens with zero attached hydrogens (tertiary/aromatic N) is 3. The van der Waals surface area contributed by atoms with E-state index in [1.54, 1.807) is 24.3 Å². The Balaban J connectivity index is 1.97. The molecule has 2 rings (SSSR count). The van der Waals surface area contributed by atoms with Crippen molar-refractivity contribution in [3.8, 4) is 0 Å². The smallest absolute Gasteiger partial charge is 0.234 e. The Kier molecular flexibility index (Phi) is 7.81. The number of aromatic nitrogens is 3. The second-order valence-corrected chi connectivity index (χ2v) is 7.12. The lowest BCUT2D eigenvalue weighted by molar-refractivity contribution is -0.113. The molecule has 1 amide bonds. The average Bonchev–Trinajstić information content (AvgIpc) is 2.97. The molecule has 8 heteroatoms. The molecular weight excluding hydrogens is 379 g/mol. The third-order valence-electron chi connectivity index (χ3n) is 3.39. The number of thioether (sulfide) groups is 1. The number of amides is 1. The van der Waals surface area contributed by atoms with Gasteiger partial charge in [0.25, 0.3) is 0 Å². The molecule has 1 heterocycles. The van der Waals surface area contributed by atoms with Crippen LogP contribution >= 0.6 is 35.0 Å². The molecule has 5 nitrogen and oxygen atoms in total. The van der Waals surface area contributed by atoms with Crippen LogP contribution in [0.1, 0.15) is 25.6 Å². The largest absolute Gasteiger partial charge is 0.325 e. The highest BCUT2D eigenvalue weighted by Gasteiger charge is 2.13. The lowest BCUT2D eigenvalue weighted by Gasteiger charge is -2.08. The van der Waals surface area contributed by atoms with E-state index in [-0.39, 0.29) is 11.7 Å². The zero-order valence-electron chi connectivity index (χ0n) is 14.0. The van der Waals surface area contributed by atoms with Gasteiger partial charge < -0.3 is 9.88 Å². The Morgan fingerprint density at radius 1 is 1.36 bits per heavy atom. The molecule has 1 N–H and O–H groups in total. The number of carbonyl (C=O) groups excluding carboxylic acids is 1. The number of allylic oxidation sites excluding steroid dienone is 1. The summed E-state index contributed by atoms with van der Waals surface area (Å²) in [7, 11) is 0. The van der Waals surface area contributed by atoms with Crippen LogP contribution in [0.25, 0.3) is 0 Å². The van der Waals surface area contributed by atoms with Crippen molar-refractivity contribution in [3.05, 3.63) is 46.7 Å². The number of anilines is 1. The first-order chi connectivity index (χ1) is 12.0. The van der Waals surface area contributed by atoms with Crippen LogP contribution in [0, 0.1) is 0 Å². The van der Waals surface area contributed by atoms with Crippen LogP contribution in [0.5, 0.6) is 0 Å². The number of hydrogen-bond donors (Lipinski definition) is 1. The van der Waals surface area contributed by atoms with Gasteiger partial charge in [0.1, 0.15) is 5.82 Å². The fourth-order valence-electron chi connectivity index (χ4n) is 2.16. The Hall–Kier alpha value is -1.50. The summed E-state index contributed by atoms with van der Waals surface area (Å²) in [5.41, 5.74) is 0.608. The summed E-state index contributed by atoms with van der Waals surface area (Å²) in [4.78, 5) is 12.1. The molecule has 134 valence electrons. The van der Waals surface area contributed by atoms with Crippen molar-refractivity contribution in [3.63, 3.8) is 0 Å². The maximum absolute atomic E-state index is 12.1. The molecule has 0 saturated carbocycles. The number of halogens is 2. The summed E-state index contributed by atoms with van der Waals surface area (Å²) in [5.74, 6) is 1.00. The third-order valence-corrected chi connectivity index (χ3v) is 5.10. The molecule has 0 fully saturated rings. The van der Waals surface area contributed by atoms with Gasteiger partial charge in [0.2, 0.25) is 5.91 Å². The minimum atomic E-state index is -0.147. The number of unbranched alkanes of at least 4 members (excludes halogenated alkanes) is 1. The Labute approximate surface area is 161 Å². The van der Waals surface area contributed by atoms with E-state index in [1.165, 1.54) is 11.8 Å². The highest BCUT2D eigenvalue weighted by Crippen LogP contribution is 2.25. The lowest BCUT2D eigenvalue weighted by Crippen LogP contribution is -2.14. The molecule has 0 aliphatic rings. The van der Waals surface area contributed by atoms with Gasteiger partial charge in [-0.15, -0.1) is 16.8 Å². The molecular formula is C17H20Cl2N4OS. The Bertz CT molecular complexity index is 748. The molecule has 0 unspecified atom stereocenters. The van der Waals surface area contributed by atoms with Gasteiger partial charge in [0.05, 0.1) is 15.8 Å². The number of hydrogen-bond acceptors (Lipinski definition) is 4. The number of benzene rings is 1. The Morgan fingerprint density at radius 2 is 2.16 bits per heavy atom. The summed E-state index contributed by atoms with van der Waals surface area (Å²) in [6.07, 6.45) is 4.82. The summed E-state index contributed by atoms with van der Waals surface area (Å²) in [6.45, 7) is 6.54. The van der Waals surface area contributed by atoms with E-state index in [0.29, 0.717) is 22.3 Å². The number of aryl methyl sites for hydroxylation is 1. The first-order valence-electron chi connectivity index (χ1n) is 7.95. The SMILES string of the molecule is C=CCn1c(CCCC)nnc1SCC(=O)Nc1ccc(Cl)c(Cl)c1. The molecule has 1 aromatic carbocycles. The molecule has 0 atom stereocenters. The van der Waals surface area contributed by atoms with Crippen LogP contribution in [0.3, 0.4) is 0 Å². The third kappa shape index (κ3) is 5.76. The fraction of sp³-hybridized carbons (Fsp3) is 0.353. The van der Waals surface area contributed by atoms with Crippen molar-refractivity contribution >= 4 is 46.6 Å². The normalized spacial score (nSPS) is 10.7. The van der Waals surface area contributed by atoms with E-state index in [1.807, 2.05) is 4.57 Å². The molecule has 0 saturated heterocycles. The van der Waals surface area contributed by atoms with Crippen LogP contribution in [-0.2, 0) is 17.8 Å². The van der Waals surface area contributed by atoms with E-state index in [4.69, 9.17) is 23.2 Å². The van der Waals surface area contributed by atoms with Crippen LogP contribution in [0.4, 0.5) is 5.69 Å². The summed E-state index contributed by atoms with van der Waals surface area (Å²) in [5, 5.41) is 12.8. The average molecular weight is 399 g/mol. The van der Waals surface area contributed by atoms with E-state index in [9.17, 15) is 4.79 Å². The highest BCUT2D eigenvalue weighted by molar-refractivity contribution is 7.99. The van der Waals surface area contributed by atoms with Crippen molar-refractivity contribution in [1.29, 1.82) is 0 Å². The maximum Gasteiger partial charge on any atom is 0.234 e. The van der Waals surface area contributed by atoms with E-state index >= 15 is 0 Å². The standard InChI is InChI=1S/C17H20Cl2N4OS/c1-3-5-6-15-21-22-17(23(15)9-4-2)25-11-16(24)20-12-7-8-13(18)14(19)10-12/h4,7-8,10H,2-3,5-6,9,11H2,1H3,(H,20,24). The predicted octanol–water partition coefficient (Wildman–Crippen LogP) is 4.84. The van der Waals surface area contributed by atoms with Gasteiger partial charge >= 0.3 is 0 Å². The van der Waals surface area contributed by atoms with E-state index in [0.717, 1.165) is 30.2 Å². The minimum absolute atomic E-state index is 0.147. The van der Waals surface area contributed by atoms with Crippen LogP contribution in [0.15, 0.2) is 36.0 Å². The van der Waals surface area contributed by atoms with Gasteiger partial charge in [-0.3, -0.25) is 4.79 Å². The van der Waals surface area contributed by atoms with Crippen LogP contribution in [0.2, 0.25) is 10.0 Å². The van der Waals surface area contributed by atoms with Gasteiger partial charge in [-0.1, -0.05) is 54.4 Å². The van der Waals surface area contributed by atoms with Crippen molar-refractivity contribution in [2.24, 2.45) is 0 Å². The molecule has 0 spiro atoms. The lowest BCUT2D eigenvalue weighted by atomic mass is 10.2. The molecule has 0 aliphatic carbocycles. The summed E-state index contributed by atoms with van der Waals surface area (Å²) < 4.78 is 2.00. The molecule has 0 bridgehead atoms. The van der Waals surface area contributed by atoms with Crippen molar-refractivity contribution < 1.29 is 4.79 Å². The zero-order chi connectivity index (χ0) is 18.2. The fourth-order valence-corrected chi connectivity index (χ4v) is 3.22. The van der Waals surface area contributed by atoms with Crippen LogP contribution < -0.4 is 5.32 Å². The number of nitrogens with one attached hydrogen (secondary N) is 1. The monoisotopic (exact) mass is 398 g/mol. The second kappa shape index (κ2) is 9.85. The topological polar surface area (TPSA) is 59.8 Å². The number of carbonyl (C=O) groups is 1. The van der Waals surface area contributed by atoms with Gasteiger partial charge in [0.15, 0.2) is 5.16 Å². The minimum Gasteiger partial charge on any atom is -0.325 e. The van der Waals surface area contributed by atoms with Crippen molar-refractivity contribution in [2.45, 2.75) is 37.9 Å². The zero-order valence-corrected chi connectivity index (χ0v) is 16.3. The van der Waals surface area contributed by atoms with Crippen LogP contribution in [-0.4, -0.2) is 26.4 Å². The Morgan fingerprint density at radius 3 is 2.84 bits per heavy atom. The van der Waals surface area contributed by atoms with E-state index in [2.05, 4.69) is 29.0 Å². The molecule has 0 aliphatic heterocycles. The van der Waals surface area contributed by atoms with Gasteiger partial charge in [-0.2, -0.15) is 0 Å². The predicted molar refractivity (Wildman–Crippen MR) is 105 cm³/mol. The summed E-state index contributed by atoms with van der Waals surface area (Å²) in [6, 6.07) is 4.97.